The number of ether oxygens (including phenoxy) is 2. The Morgan fingerprint density at radius 3 is 2.51 bits per heavy atom. The van der Waals surface area contributed by atoms with E-state index in [1.54, 1.807) is 26.0 Å². The van der Waals surface area contributed by atoms with E-state index in [0.29, 0.717) is 34.7 Å². The third-order valence-electron chi connectivity index (χ3n) is 6.07. The van der Waals surface area contributed by atoms with Crippen LogP contribution in [0.5, 0.6) is 0 Å². The van der Waals surface area contributed by atoms with Crippen LogP contribution in [-0.4, -0.2) is 74.3 Å². The number of amides is 3. The lowest BCUT2D eigenvalue weighted by Gasteiger charge is -2.18. The number of imide groups is 1. The van der Waals surface area contributed by atoms with Crippen molar-refractivity contribution in [3.05, 3.63) is 53.0 Å². The predicted molar refractivity (Wildman–Crippen MR) is 146 cm³/mol. The molecule has 0 fully saturated rings. The van der Waals surface area contributed by atoms with Crippen LogP contribution in [0.3, 0.4) is 0 Å². The molecule has 0 saturated heterocycles. The Labute approximate surface area is 235 Å². The normalized spacial score (nSPS) is 10.6. The number of hydrogen-bond donors (Lipinski definition) is 3. The molecule has 2 aromatic heterocycles. The Kier molecular flexibility index (Phi) is 10.3. The molecule has 0 unspecified atom stereocenters. The number of nitrogens with one attached hydrogen (secondary N) is 2. The van der Waals surface area contributed by atoms with Crippen molar-refractivity contribution in [3.63, 3.8) is 0 Å². The molecule has 0 atom stereocenters. The van der Waals surface area contributed by atoms with Crippen LogP contribution in [0.1, 0.15) is 65.0 Å². The average molecular weight is 569 g/mol. The Bertz CT molecular complexity index is 1470. The second-order valence-electron chi connectivity index (χ2n) is 8.97. The predicted octanol–water partition coefficient (Wildman–Crippen LogP) is 3.19. The minimum absolute atomic E-state index is 0.0425. The molecule has 3 aromatic rings. The molecule has 0 aliphatic carbocycles. The summed E-state index contributed by atoms with van der Waals surface area (Å²) >= 11 is 0. The van der Waals surface area contributed by atoms with Crippen molar-refractivity contribution in [3.8, 4) is 0 Å². The Morgan fingerprint density at radius 2 is 1.83 bits per heavy atom. The van der Waals surface area contributed by atoms with Gasteiger partial charge in [-0.3, -0.25) is 19.2 Å². The lowest BCUT2D eigenvalue weighted by atomic mass is 10.1. The van der Waals surface area contributed by atoms with Crippen molar-refractivity contribution in [2.75, 3.05) is 25.2 Å². The molecular formula is C27H32N6O8. The van der Waals surface area contributed by atoms with E-state index in [1.165, 1.54) is 17.0 Å². The number of hydrogen-bond acceptors (Lipinski definition) is 10. The van der Waals surface area contributed by atoms with E-state index in [1.807, 2.05) is 19.9 Å². The van der Waals surface area contributed by atoms with Crippen LogP contribution in [-0.2, 0) is 19.1 Å². The fourth-order valence-electron chi connectivity index (χ4n) is 3.84. The molecule has 218 valence electrons. The molecular weight excluding hydrogens is 536 g/mol. The summed E-state index contributed by atoms with van der Waals surface area (Å²) in [6.45, 7) is 6.84. The quantitative estimate of drug-likeness (QED) is 0.215. The zero-order valence-corrected chi connectivity index (χ0v) is 23.2. The van der Waals surface area contributed by atoms with Gasteiger partial charge >= 0.3 is 18.0 Å². The molecule has 0 spiro atoms. The fraction of sp³-hybridized carbons (Fsp3) is 0.370. The molecule has 3 amide bonds. The van der Waals surface area contributed by atoms with Gasteiger partial charge in [0, 0.05) is 30.5 Å². The molecule has 14 heteroatoms. The second-order valence-corrected chi connectivity index (χ2v) is 8.97. The Hall–Kier alpha value is -5.01. The number of anilines is 2. The van der Waals surface area contributed by atoms with E-state index in [4.69, 9.17) is 14.6 Å². The van der Waals surface area contributed by atoms with E-state index in [0.717, 1.165) is 16.9 Å². The first-order chi connectivity index (χ1) is 19.6. The molecule has 0 saturated carbocycles. The molecule has 1 aromatic carbocycles. The summed E-state index contributed by atoms with van der Waals surface area (Å²) in [5.41, 5.74) is 3.10. The van der Waals surface area contributed by atoms with Crippen molar-refractivity contribution in [2.45, 2.75) is 47.0 Å². The third-order valence-corrected chi connectivity index (χ3v) is 6.07. The Balaban J connectivity index is 1.80. The highest BCUT2D eigenvalue weighted by Gasteiger charge is 2.27. The molecule has 0 aliphatic rings. The maximum Gasteiger partial charge on any atom is 0.419 e. The van der Waals surface area contributed by atoms with E-state index in [9.17, 15) is 24.0 Å². The van der Waals surface area contributed by atoms with Gasteiger partial charge in [-0.15, -0.1) is 0 Å². The standard InChI is InChI=1S/C27H32N6O8/c1-5-11-28-25(37)18-8-7-16(3)20(12-18)31-24-23-17(4)19(13-33(23)30-14-29-24)26(38)32(6-2)27(39)41-15-40-22(36)10-9-21(34)35/h7-8,12-14H,5-6,9-11,15H2,1-4H3,(H,28,37)(H,34,35)(H,29,30,31). The van der Waals surface area contributed by atoms with Gasteiger partial charge in [-0.2, -0.15) is 5.10 Å². The number of esters is 1. The number of nitrogens with zero attached hydrogens (tertiary/aromatic N) is 4. The van der Waals surface area contributed by atoms with Gasteiger partial charge in [-0.25, -0.2) is 19.2 Å². The van der Waals surface area contributed by atoms with Gasteiger partial charge in [0.05, 0.1) is 18.4 Å². The minimum atomic E-state index is -1.17. The molecule has 0 radical (unpaired) electrons. The second kappa shape index (κ2) is 13.9. The highest BCUT2D eigenvalue weighted by atomic mass is 16.7. The van der Waals surface area contributed by atoms with Crippen LogP contribution < -0.4 is 10.6 Å². The van der Waals surface area contributed by atoms with Crippen molar-refractivity contribution in [1.82, 2.24) is 24.8 Å². The van der Waals surface area contributed by atoms with Crippen molar-refractivity contribution >= 4 is 46.9 Å². The first-order valence-corrected chi connectivity index (χ1v) is 12.9. The first-order valence-electron chi connectivity index (χ1n) is 12.9. The summed E-state index contributed by atoms with van der Waals surface area (Å²) in [5, 5.41) is 18.9. The number of aliphatic carboxylic acids is 1. The highest BCUT2D eigenvalue weighted by molar-refractivity contribution is 6.05. The SMILES string of the molecule is CCCNC(=O)c1ccc(C)c(Nc2ncnn3cc(C(=O)N(CC)C(=O)OCOC(=O)CCC(=O)O)c(C)c23)c1. The van der Waals surface area contributed by atoms with Gasteiger partial charge in [0.1, 0.15) is 11.8 Å². The maximum absolute atomic E-state index is 13.3. The topological polar surface area (TPSA) is 182 Å². The van der Waals surface area contributed by atoms with Crippen LogP contribution in [0, 0.1) is 13.8 Å². The van der Waals surface area contributed by atoms with E-state index < -0.39 is 37.2 Å². The van der Waals surface area contributed by atoms with Gasteiger partial charge in [0.15, 0.2) is 5.82 Å². The average Bonchev–Trinajstić information content (AvgIpc) is 3.29. The summed E-state index contributed by atoms with van der Waals surface area (Å²) < 4.78 is 11.0. The summed E-state index contributed by atoms with van der Waals surface area (Å²) in [5.74, 6) is -2.52. The van der Waals surface area contributed by atoms with Gasteiger partial charge in [-0.1, -0.05) is 13.0 Å². The molecule has 41 heavy (non-hydrogen) atoms. The number of rotatable bonds is 12. The zero-order chi connectivity index (χ0) is 30.1. The molecule has 14 nitrogen and oxygen atoms in total. The van der Waals surface area contributed by atoms with Crippen LogP contribution >= 0.6 is 0 Å². The monoisotopic (exact) mass is 568 g/mol. The largest absolute Gasteiger partial charge is 0.481 e. The highest BCUT2D eigenvalue weighted by Crippen LogP contribution is 2.28. The Morgan fingerprint density at radius 1 is 1.07 bits per heavy atom. The summed E-state index contributed by atoms with van der Waals surface area (Å²) in [6.07, 6.45) is 1.73. The number of aromatic nitrogens is 3. The van der Waals surface area contributed by atoms with Crippen LogP contribution in [0.4, 0.5) is 16.3 Å². The summed E-state index contributed by atoms with van der Waals surface area (Å²) in [7, 11) is 0. The molecule has 3 N–H and O–H groups in total. The number of carboxylic acids is 1. The lowest BCUT2D eigenvalue weighted by molar-refractivity contribution is -0.154. The number of benzene rings is 1. The number of aryl methyl sites for hydroxylation is 2. The van der Waals surface area contributed by atoms with Gasteiger partial charge < -0.3 is 25.2 Å². The third kappa shape index (κ3) is 7.56. The smallest absolute Gasteiger partial charge is 0.419 e. The van der Waals surface area contributed by atoms with Crippen molar-refractivity contribution in [2.24, 2.45) is 0 Å². The number of fused-ring (bicyclic) bond motifs is 1. The summed E-state index contributed by atoms with van der Waals surface area (Å²) in [4.78, 5) is 65.6. The number of carbonyl (C=O) groups excluding carboxylic acids is 4. The number of carboxylic acid groups (broad SMARTS) is 1. The minimum Gasteiger partial charge on any atom is -0.481 e. The maximum atomic E-state index is 13.3. The van der Waals surface area contributed by atoms with Gasteiger partial charge in [0.2, 0.25) is 6.79 Å². The van der Waals surface area contributed by atoms with Crippen LogP contribution in [0.15, 0.2) is 30.7 Å². The number of carbonyl (C=O) groups is 5. The fourth-order valence-corrected chi connectivity index (χ4v) is 3.84. The molecule has 0 bridgehead atoms. The summed E-state index contributed by atoms with van der Waals surface area (Å²) in [6, 6.07) is 5.26. The van der Waals surface area contributed by atoms with Crippen LogP contribution in [0.25, 0.3) is 5.52 Å². The van der Waals surface area contributed by atoms with E-state index in [-0.39, 0.29) is 24.4 Å². The molecule has 2 heterocycles. The van der Waals surface area contributed by atoms with E-state index in [2.05, 4.69) is 20.7 Å². The van der Waals surface area contributed by atoms with E-state index >= 15 is 0 Å². The van der Waals surface area contributed by atoms with Gasteiger partial charge in [-0.05, 0) is 50.5 Å². The van der Waals surface area contributed by atoms with Gasteiger partial charge in [0.25, 0.3) is 11.8 Å². The first kappa shape index (κ1) is 30.5. The molecule has 0 aliphatic heterocycles. The zero-order valence-electron chi connectivity index (χ0n) is 23.2. The molecule has 3 rings (SSSR count). The van der Waals surface area contributed by atoms with Crippen molar-refractivity contribution in [1.29, 1.82) is 0 Å². The van der Waals surface area contributed by atoms with Crippen molar-refractivity contribution < 1.29 is 38.6 Å². The van der Waals surface area contributed by atoms with Crippen LogP contribution in [0.2, 0.25) is 0 Å². The lowest BCUT2D eigenvalue weighted by Crippen LogP contribution is -2.37.